The van der Waals surface area contributed by atoms with E-state index in [9.17, 15) is 9.59 Å². The number of carbonyl (C=O) groups is 2. The molecular weight excluding hydrogens is 418 g/mol. The Kier molecular flexibility index (Phi) is 3.26. The number of fused-ring (bicyclic) bond motifs is 5. The van der Waals surface area contributed by atoms with Crippen LogP contribution in [0.1, 0.15) is 54.0 Å². The van der Waals surface area contributed by atoms with Crippen LogP contribution in [0, 0.1) is 0 Å². The molecule has 1 saturated carbocycles. The molecule has 1 aliphatic carbocycles. The number of benzene rings is 2. The molecular formula is C26H25N3O4. The quantitative estimate of drug-likeness (QED) is 0.652. The Morgan fingerprint density at radius 3 is 2.73 bits per heavy atom. The third-order valence-corrected chi connectivity index (χ3v) is 7.38. The number of carbonyl (C=O) groups excluding carboxylic acids is 2. The van der Waals surface area contributed by atoms with Crippen molar-refractivity contribution in [3.05, 3.63) is 59.3 Å². The summed E-state index contributed by atoms with van der Waals surface area (Å²) in [5.74, 6) is -0.684. The largest absolute Gasteiger partial charge is 0.454 e. The third kappa shape index (κ3) is 2.74. The summed E-state index contributed by atoms with van der Waals surface area (Å²) in [5, 5.41) is 0.959. The minimum Gasteiger partial charge on any atom is -0.454 e. The molecule has 0 radical (unpaired) electrons. The highest BCUT2D eigenvalue weighted by Crippen LogP contribution is 2.45. The molecule has 2 amide bonds. The normalized spacial score (nSPS) is 29.3. The van der Waals surface area contributed by atoms with E-state index >= 15 is 0 Å². The van der Waals surface area contributed by atoms with E-state index in [1.165, 1.54) is 9.80 Å². The van der Waals surface area contributed by atoms with Crippen LogP contribution in [-0.4, -0.2) is 51.9 Å². The molecule has 168 valence electrons. The lowest BCUT2D eigenvalue weighted by molar-refractivity contribution is -0.160. The number of ether oxygens (including phenoxy) is 2. The van der Waals surface area contributed by atoms with E-state index in [0.29, 0.717) is 24.1 Å². The number of aromatic amines is 1. The van der Waals surface area contributed by atoms with Gasteiger partial charge >= 0.3 is 0 Å². The number of aromatic nitrogens is 1. The van der Waals surface area contributed by atoms with Gasteiger partial charge in [-0.1, -0.05) is 37.1 Å². The first-order valence-corrected chi connectivity index (χ1v) is 11.4. The Balaban J connectivity index is 1.41. The number of hydrogen-bond donors (Lipinski definition) is 1. The highest BCUT2D eigenvalue weighted by molar-refractivity contribution is 5.98. The molecule has 4 aliphatic rings. The average Bonchev–Trinajstić information content (AvgIpc) is 3.57. The van der Waals surface area contributed by atoms with Crippen LogP contribution in [0.25, 0.3) is 10.9 Å². The molecule has 0 spiro atoms. The van der Waals surface area contributed by atoms with Crippen molar-refractivity contribution in [3.63, 3.8) is 0 Å². The van der Waals surface area contributed by atoms with E-state index in [0.717, 1.165) is 29.3 Å². The van der Waals surface area contributed by atoms with Crippen molar-refractivity contribution in [2.45, 2.75) is 50.2 Å². The van der Waals surface area contributed by atoms with Gasteiger partial charge in [0, 0.05) is 29.1 Å². The smallest absolute Gasteiger partial charge is 0.246 e. The summed E-state index contributed by atoms with van der Waals surface area (Å²) in [7, 11) is 0. The number of piperazine rings is 1. The van der Waals surface area contributed by atoms with Crippen LogP contribution in [0.15, 0.2) is 42.5 Å². The fourth-order valence-electron chi connectivity index (χ4n) is 5.86. The van der Waals surface area contributed by atoms with Gasteiger partial charge in [-0.3, -0.25) is 9.59 Å². The molecule has 1 N–H and O–H groups in total. The van der Waals surface area contributed by atoms with E-state index in [1.807, 2.05) is 24.3 Å². The Bertz CT molecular complexity index is 1470. The molecule has 1 aromatic heterocycles. The predicted molar refractivity (Wildman–Crippen MR) is 121 cm³/mol. The van der Waals surface area contributed by atoms with E-state index < -0.39 is 31.2 Å². The molecule has 3 aromatic rings. The van der Waals surface area contributed by atoms with Gasteiger partial charge in [0.2, 0.25) is 18.6 Å². The molecule has 3 aliphatic heterocycles. The van der Waals surface area contributed by atoms with Gasteiger partial charge in [-0.25, -0.2) is 0 Å². The van der Waals surface area contributed by atoms with Gasteiger partial charge in [0.15, 0.2) is 11.5 Å². The number of para-hydroxylation sites is 1. The summed E-state index contributed by atoms with van der Waals surface area (Å²) in [5.41, 5.74) is 3.07. The molecule has 1 saturated heterocycles. The lowest BCUT2D eigenvalue weighted by Crippen LogP contribution is -2.64. The van der Waals surface area contributed by atoms with Gasteiger partial charge in [0.05, 0.1) is 8.78 Å². The third-order valence-electron chi connectivity index (χ3n) is 7.38. The molecule has 33 heavy (non-hydrogen) atoms. The lowest BCUT2D eigenvalue weighted by atomic mass is 9.85. The second-order valence-electron chi connectivity index (χ2n) is 9.15. The fourth-order valence-corrected chi connectivity index (χ4v) is 5.86. The molecule has 4 heterocycles. The summed E-state index contributed by atoms with van der Waals surface area (Å²) < 4.78 is 43.7. The Hall–Kier alpha value is -3.48. The lowest BCUT2D eigenvalue weighted by Gasteiger charge is -2.48. The summed E-state index contributed by atoms with van der Waals surface area (Å²) in [6.45, 7) is -4.78. The molecule has 2 atom stereocenters. The Morgan fingerprint density at radius 1 is 1.03 bits per heavy atom. The standard InChI is InChI=1S/C26H25N3O4/c30-23-13-28(16-5-1-2-6-16)26(31)20-12-18-17-7-3-4-8-19(17)27-24(18)25(29(20)23)15-9-10-21-22(11-15)33-14-32-21/h3-4,7-11,16,20,25,27H,1-2,5-6,12-14H2/t20-,25+/m1/s1/i13D2,14D2. The first kappa shape index (κ1) is 15.4. The minimum atomic E-state index is -2.47. The van der Waals surface area contributed by atoms with Crippen molar-refractivity contribution in [2.75, 3.05) is 13.2 Å². The van der Waals surface area contributed by atoms with Crippen molar-refractivity contribution in [1.82, 2.24) is 14.8 Å². The molecule has 0 unspecified atom stereocenters. The minimum absolute atomic E-state index is 0.189. The fraction of sp³-hybridized carbons (Fsp3) is 0.385. The van der Waals surface area contributed by atoms with Crippen molar-refractivity contribution < 1.29 is 24.5 Å². The zero-order chi connectivity index (χ0) is 25.7. The molecule has 0 bridgehead atoms. The SMILES string of the molecule is [2H]C1([2H])Oc2ccc([C@H]3c4[nH]c5ccccc5c4C[C@@H]4C(=O)N(C5CCCC5)C([2H])([2H])C(=O)N34)cc2O1. The summed E-state index contributed by atoms with van der Waals surface area (Å²) in [4.78, 5) is 34.0. The number of nitrogens with zero attached hydrogens (tertiary/aromatic N) is 2. The van der Waals surface area contributed by atoms with E-state index in [2.05, 4.69) is 4.98 Å². The van der Waals surface area contributed by atoms with Crippen molar-refractivity contribution in [2.24, 2.45) is 0 Å². The van der Waals surface area contributed by atoms with Crippen LogP contribution in [0.2, 0.25) is 0 Å². The maximum absolute atomic E-state index is 14.0. The van der Waals surface area contributed by atoms with Crippen LogP contribution in [0.4, 0.5) is 0 Å². The van der Waals surface area contributed by atoms with Crippen LogP contribution < -0.4 is 9.47 Å². The van der Waals surface area contributed by atoms with E-state index in [1.54, 1.807) is 18.2 Å². The Morgan fingerprint density at radius 2 is 1.85 bits per heavy atom. The topological polar surface area (TPSA) is 74.9 Å². The first-order valence-electron chi connectivity index (χ1n) is 13.4. The van der Waals surface area contributed by atoms with Crippen molar-refractivity contribution in [1.29, 1.82) is 0 Å². The molecule has 7 rings (SSSR count). The van der Waals surface area contributed by atoms with Gasteiger partial charge in [-0.05, 0) is 42.2 Å². The highest BCUT2D eigenvalue weighted by atomic mass is 16.7. The highest BCUT2D eigenvalue weighted by Gasteiger charge is 2.49. The number of amides is 2. The number of H-pyrrole nitrogens is 1. The van der Waals surface area contributed by atoms with Crippen LogP contribution in [0.5, 0.6) is 11.5 Å². The van der Waals surface area contributed by atoms with Crippen LogP contribution >= 0.6 is 0 Å². The number of nitrogens with one attached hydrogen (secondary N) is 1. The van der Waals surface area contributed by atoms with Crippen molar-refractivity contribution >= 4 is 22.7 Å². The van der Waals surface area contributed by atoms with Gasteiger partial charge in [-0.15, -0.1) is 0 Å². The molecule has 7 heteroatoms. The van der Waals surface area contributed by atoms with Gasteiger partial charge < -0.3 is 24.3 Å². The number of rotatable bonds is 2. The van der Waals surface area contributed by atoms with Gasteiger partial charge in [0.1, 0.15) is 15.3 Å². The molecule has 7 nitrogen and oxygen atoms in total. The average molecular weight is 448 g/mol. The van der Waals surface area contributed by atoms with Gasteiger partial charge in [-0.2, -0.15) is 0 Å². The predicted octanol–water partition coefficient (Wildman–Crippen LogP) is 3.52. The Labute approximate surface area is 196 Å². The zero-order valence-electron chi connectivity index (χ0n) is 21.8. The first-order chi connectivity index (χ1) is 17.7. The monoisotopic (exact) mass is 447 g/mol. The summed E-state index contributed by atoms with van der Waals surface area (Å²) in [6.07, 6.45) is 3.49. The van der Waals surface area contributed by atoms with E-state index in [-0.39, 0.29) is 29.9 Å². The number of hydrogen-bond acceptors (Lipinski definition) is 4. The molecule has 2 aromatic carbocycles. The van der Waals surface area contributed by atoms with Gasteiger partial charge in [0.25, 0.3) is 0 Å². The molecule has 2 fully saturated rings. The van der Waals surface area contributed by atoms with Crippen LogP contribution in [-0.2, 0) is 16.0 Å². The maximum Gasteiger partial charge on any atom is 0.246 e. The maximum atomic E-state index is 14.0. The zero-order valence-corrected chi connectivity index (χ0v) is 17.8. The second-order valence-corrected chi connectivity index (χ2v) is 9.15. The second kappa shape index (κ2) is 7.01. The van der Waals surface area contributed by atoms with E-state index in [4.69, 9.17) is 15.0 Å². The summed E-state index contributed by atoms with van der Waals surface area (Å²) >= 11 is 0. The van der Waals surface area contributed by atoms with Crippen molar-refractivity contribution in [3.8, 4) is 11.5 Å². The van der Waals surface area contributed by atoms with Crippen LogP contribution in [0.3, 0.4) is 0 Å². The summed E-state index contributed by atoms with van der Waals surface area (Å²) in [6, 6.07) is 10.7.